The first kappa shape index (κ1) is 23.2. The van der Waals surface area contributed by atoms with Crippen LogP contribution in [0.3, 0.4) is 0 Å². The van der Waals surface area contributed by atoms with Crippen molar-refractivity contribution in [3.05, 3.63) is 88.2 Å². The van der Waals surface area contributed by atoms with Crippen molar-refractivity contribution >= 4 is 45.7 Å². The molecule has 0 aliphatic carbocycles. The normalized spacial score (nSPS) is 10.8. The topological polar surface area (TPSA) is 90.3 Å². The lowest BCUT2D eigenvalue weighted by Crippen LogP contribution is -2.23. The van der Waals surface area contributed by atoms with Gasteiger partial charge in [0.15, 0.2) is 5.78 Å². The average Bonchev–Trinajstić information content (AvgIpc) is 3.10. The van der Waals surface area contributed by atoms with Crippen molar-refractivity contribution in [3.8, 4) is 5.88 Å². The van der Waals surface area contributed by atoms with Gasteiger partial charge in [-0.3, -0.25) is 14.4 Å². The molecule has 4 rings (SSSR count). The molecule has 0 fully saturated rings. The molecule has 0 aliphatic rings. The van der Waals surface area contributed by atoms with E-state index in [0.717, 1.165) is 11.1 Å². The molecule has 0 aliphatic heterocycles. The molecule has 2 aromatic carbocycles. The predicted octanol–water partition coefficient (Wildman–Crippen LogP) is 5.08. The monoisotopic (exact) mass is 475 g/mol. The summed E-state index contributed by atoms with van der Waals surface area (Å²) in [6.07, 6.45) is 1.47. The molecule has 0 bridgehead atoms. The van der Waals surface area contributed by atoms with Crippen molar-refractivity contribution in [2.24, 2.45) is 0 Å². The Morgan fingerprint density at radius 3 is 2.47 bits per heavy atom. The van der Waals surface area contributed by atoms with Gasteiger partial charge in [-0.1, -0.05) is 23.7 Å². The van der Waals surface area contributed by atoms with Crippen LogP contribution in [0, 0.1) is 6.92 Å². The standard InChI is InChI=1S/C26H22ClN3O4/c1-15-24(25(32)26(33)29-20-10-11-28-23(13-20)34-3)21-12-18(16(2)31)6-9-22(21)30(15)14-17-4-7-19(27)8-5-17/h4-13H,14H2,1-3H3,(H,28,29,33). The zero-order chi connectivity index (χ0) is 24.4. The van der Waals surface area contributed by atoms with Crippen LogP contribution in [0.4, 0.5) is 5.69 Å². The number of ketones is 2. The Morgan fingerprint density at radius 1 is 1.06 bits per heavy atom. The molecule has 0 radical (unpaired) electrons. The van der Waals surface area contributed by atoms with Gasteiger partial charge in [0.25, 0.3) is 11.7 Å². The number of ether oxygens (including phenoxy) is 1. The predicted molar refractivity (Wildman–Crippen MR) is 131 cm³/mol. The number of nitrogens with one attached hydrogen (secondary N) is 1. The first-order valence-electron chi connectivity index (χ1n) is 10.5. The lowest BCUT2D eigenvalue weighted by atomic mass is 10.0. The molecule has 0 saturated carbocycles. The van der Waals surface area contributed by atoms with E-state index in [1.807, 2.05) is 16.7 Å². The van der Waals surface area contributed by atoms with Gasteiger partial charge in [-0.05, 0) is 55.8 Å². The molecule has 0 spiro atoms. The van der Waals surface area contributed by atoms with E-state index < -0.39 is 11.7 Å². The second kappa shape index (κ2) is 9.49. The number of rotatable bonds is 7. The van der Waals surface area contributed by atoms with Gasteiger partial charge in [0.05, 0.1) is 12.7 Å². The number of amides is 1. The number of hydrogen-bond acceptors (Lipinski definition) is 5. The maximum Gasteiger partial charge on any atom is 0.296 e. The van der Waals surface area contributed by atoms with Gasteiger partial charge in [-0.25, -0.2) is 4.98 Å². The van der Waals surface area contributed by atoms with Gasteiger partial charge < -0.3 is 14.6 Å². The molecule has 1 amide bonds. The second-order valence-electron chi connectivity index (χ2n) is 7.83. The number of hydrogen-bond donors (Lipinski definition) is 1. The summed E-state index contributed by atoms with van der Waals surface area (Å²) in [5.41, 5.74) is 3.46. The number of nitrogens with zero attached hydrogens (tertiary/aromatic N) is 2. The number of carbonyl (C=O) groups is 3. The lowest BCUT2D eigenvalue weighted by Gasteiger charge is -2.09. The van der Waals surface area contributed by atoms with E-state index in [1.54, 1.807) is 43.3 Å². The van der Waals surface area contributed by atoms with Crippen LogP contribution in [0.2, 0.25) is 5.02 Å². The van der Waals surface area contributed by atoms with E-state index in [2.05, 4.69) is 10.3 Å². The lowest BCUT2D eigenvalue weighted by molar-refractivity contribution is -0.112. The van der Waals surface area contributed by atoms with Crippen LogP contribution in [-0.2, 0) is 11.3 Å². The van der Waals surface area contributed by atoms with Crippen molar-refractivity contribution in [2.45, 2.75) is 20.4 Å². The summed E-state index contributed by atoms with van der Waals surface area (Å²) in [4.78, 5) is 42.3. The van der Waals surface area contributed by atoms with Gasteiger partial charge in [-0.2, -0.15) is 0 Å². The summed E-state index contributed by atoms with van der Waals surface area (Å²) in [7, 11) is 1.46. The number of fused-ring (bicyclic) bond motifs is 1. The molecular formula is C26H22ClN3O4. The third-order valence-corrected chi connectivity index (χ3v) is 5.87. The Kier molecular flexibility index (Phi) is 6.47. The van der Waals surface area contributed by atoms with Crippen molar-refractivity contribution in [3.63, 3.8) is 0 Å². The summed E-state index contributed by atoms with van der Waals surface area (Å²) >= 11 is 6.01. The quantitative estimate of drug-likeness (QED) is 0.297. The van der Waals surface area contributed by atoms with E-state index in [9.17, 15) is 14.4 Å². The van der Waals surface area contributed by atoms with Crippen LogP contribution in [0.15, 0.2) is 60.8 Å². The number of halogens is 1. The fraction of sp³-hybridized carbons (Fsp3) is 0.154. The molecule has 0 saturated heterocycles. The molecule has 2 heterocycles. The zero-order valence-electron chi connectivity index (χ0n) is 18.9. The Morgan fingerprint density at radius 2 is 1.79 bits per heavy atom. The van der Waals surface area contributed by atoms with Gasteiger partial charge in [0.2, 0.25) is 5.88 Å². The Bertz CT molecular complexity index is 1420. The largest absolute Gasteiger partial charge is 0.481 e. The highest BCUT2D eigenvalue weighted by molar-refractivity contribution is 6.48. The number of pyridine rings is 1. The van der Waals surface area contributed by atoms with Gasteiger partial charge in [0, 0.05) is 51.7 Å². The molecule has 4 aromatic rings. The van der Waals surface area contributed by atoms with E-state index in [0.29, 0.717) is 39.8 Å². The molecule has 34 heavy (non-hydrogen) atoms. The van der Waals surface area contributed by atoms with E-state index in [1.165, 1.54) is 26.3 Å². The minimum atomic E-state index is -0.796. The average molecular weight is 476 g/mol. The summed E-state index contributed by atoms with van der Waals surface area (Å²) in [6, 6.07) is 15.7. The van der Waals surface area contributed by atoms with E-state index in [4.69, 9.17) is 16.3 Å². The maximum absolute atomic E-state index is 13.4. The number of Topliss-reactive ketones (excluding diaryl/α,β-unsaturated/α-hetero) is 2. The van der Waals surface area contributed by atoms with Crippen molar-refractivity contribution in [1.29, 1.82) is 0 Å². The molecule has 1 N–H and O–H groups in total. The highest BCUT2D eigenvalue weighted by atomic mass is 35.5. The molecular weight excluding hydrogens is 454 g/mol. The summed E-state index contributed by atoms with van der Waals surface area (Å²) in [5.74, 6) is -1.31. The van der Waals surface area contributed by atoms with Crippen LogP contribution in [0.25, 0.3) is 10.9 Å². The minimum absolute atomic E-state index is 0.128. The molecule has 172 valence electrons. The van der Waals surface area contributed by atoms with Gasteiger partial charge in [0.1, 0.15) is 0 Å². The third kappa shape index (κ3) is 4.56. The van der Waals surface area contributed by atoms with Gasteiger partial charge >= 0.3 is 0 Å². The molecule has 0 atom stereocenters. The number of benzene rings is 2. The number of carbonyl (C=O) groups excluding carboxylic acids is 3. The van der Waals surface area contributed by atoms with Crippen LogP contribution < -0.4 is 10.1 Å². The molecule has 7 nitrogen and oxygen atoms in total. The number of aromatic nitrogens is 2. The smallest absolute Gasteiger partial charge is 0.296 e. The Hall–Kier alpha value is -3.97. The first-order valence-corrected chi connectivity index (χ1v) is 10.9. The second-order valence-corrected chi connectivity index (χ2v) is 8.27. The fourth-order valence-corrected chi connectivity index (χ4v) is 3.99. The zero-order valence-corrected chi connectivity index (χ0v) is 19.6. The highest BCUT2D eigenvalue weighted by Gasteiger charge is 2.26. The molecule has 2 aromatic heterocycles. The highest BCUT2D eigenvalue weighted by Crippen LogP contribution is 2.29. The number of anilines is 1. The van der Waals surface area contributed by atoms with Crippen LogP contribution in [0.1, 0.15) is 38.9 Å². The summed E-state index contributed by atoms with van der Waals surface area (Å²) in [6.45, 7) is 3.72. The Balaban J connectivity index is 1.78. The SMILES string of the molecule is COc1cc(NC(=O)C(=O)c2c(C)n(Cc3ccc(Cl)cc3)c3ccc(C(C)=O)cc23)ccn1. The first-order chi connectivity index (χ1) is 16.3. The van der Waals surface area contributed by atoms with Crippen LogP contribution >= 0.6 is 11.6 Å². The van der Waals surface area contributed by atoms with E-state index in [-0.39, 0.29) is 11.3 Å². The third-order valence-electron chi connectivity index (χ3n) is 5.62. The van der Waals surface area contributed by atoms with E-state index >= 15 is 0 Å². The minimum Gasteiger partial charge on any atom is -0.481 e. The fourth-order valence-electron chi connectivity index (χ4n) is 3.86. The number of methoxy groups -OCH3 is 1. The molecule has 8 heteroatoms. The van der Waals surface area contributed by atoms with Crippen molar-refractivity contribution in [1.82, 2.24) is 9.55 Å². The van der Waals surface area contributed by atoms with Crippen LogP contribution in [0.5, 0.6) is 5.88 Å². The summed E-state index contributed by atoms with van der Waals surface area (Å²) in [5, 5.41) is 3.79. The maximum atomic E-state index is 13.4. The van der Waals surface area contributed by atoms with Crippen LogP contribution in [-0.4, -0.2) is 34.1 Å². The Labute approximate surface area is 201 Å². The van der Waals surface area contributed by atoms with Gasteiger partial charge in [-0.15, -0.1) is 0 Å². The van der Waals surface area contributed by atoms with Crippen molar-refractivity contribution < 1.29 is 19.1 Å². The summed E-state index contributed by atoms with van der Waals surface area (Å²) < 4.78 is 7.03. The van der Waals surface area contributed by atoms with Crippen molar-refractivity contribution in [2.75, 3.05) is 12.4 Å². The molecule has 0 unspecified atom stereocenters.